The van der Waals surface area contributed by atoms with Crippen LogP contribution >= 0.6 is 11.3 Å². The summed E-state index contributed by atoms with van der Waals surface area (Å²) in [6.07, 6.45) is 3.27. The summed E-state index contributed by atoms with van der Waals surface area (Å²) in [6, 6.07) is 10.4. The first kappa shape index (κ1) is 13.0. The van der Waals surface area contributed by atoms with Crippen LogP contribution in [0.2, 0.25) is 0 Å². The summed E-state index contributed by atoms with van der Waals surface area (Å²) in [6.45, 7) is 0. The number of carboxylic acid groups (broad SMARTS) is 1. The molecule has 0 aliphatic rings. The Morgan fingerprint density at radius 2 is 1.95 bits per heavy atom. The van der Waals surface area contributed by atoms with Crippen LogP contribution in [-0.2, 0) is 0 Å². The first-order valence-electron chi connectivity index (χ1n) is 5.32. The van der Waals surface area contributed by atoms with Gasteiger partial charge in [0.2, 0.25) is 0 Å². The fraction of sp³-hybridized carbons (Fsp3) is 0. The molecule has 0 atom stereocenters. The molecule has 0 bridgehead atoms. The summed E-state index contributed by atoms with van der Waals surface area (Å²) in [5.74, 6) is -1.16. The Bertz CT molecular complexity index is 646. The molecular formula is C13H9NO4S. The van der Waals surface area contributed by atoms with Crippen molar-refractivity contribution in [2.24, 2.45) is 0 Å². The van der Waals surface area contributed by atoms with Gasteiger partial charge in [0.1, 0.15) is 9.75 Å². The molecule has 0 radical (unpaired) electrons. The Kier molecular flexibility index (Phi) is 3.72. The standard InChI is InChI=1S/C13H9NO4S/c15-13(16)12-8-10(14(17)18)11(19-12)7-6-9-4-2-1-3-5-9/h1-8H,(H,15,16). The quantitative estimate of drug-likeness (QED) is 0.683. The van der Waals surface area contributed by atoms with E-state index in [4.69, 9.17) is 5.11 Å². The van der Waals surface area contributed by atoms with E-state index in [2.05, 4.69) is 0 Å². The van der Waals surface area contributed by atoms with E-state index in [9.17, 15) is 14.9 Å². The molecule has 2 aromatic rings. The van der Waals surface area contributed by atoms with Gasteiger partial charge in [-0.05, 0) is 11.6 Å². The molecule has 0 fully saturated rings. The third-order valence-corrected chi connectivity index (χ3v) is 3.45. The normalized spacial score (nSPS) is 10.7. The molecule has 1 aromatic heterocycles. The number of hydrogen-bond donors (Lipinski definition) is 1. The van der Waals surface area contributed by atoms with Crippen LogP contribution in [0.3, 0.4) is 0 Å². The highest BCUT2D eigenvalue weighted by Crippen LogP contribution is 2.30. The Morgan fingerprint density at radius 3 is 2.53 bits per heavy atom. The maximum absolute atomic E-state index is 10.9. The van der Waals surface area contributed by atoms with E-state index in [1.807, 2.05) is 30.3 Å². The molecule has 0 spiro atoms. The first-order chi connectivity index (χ1) is 9.08. The second-order valence-corrected chi connectivity index (χ2v) is 4.75. The number of carboxylic acids is 1. The van der Waals surface area contributed by atoms with Crippen molar-refractivity contribution in [3.63, 3.8) is 0 Å². The fourth-order valence-corrected chi connectivity index (χ4v) is 2.37. The van der Waals surface area contributed by atoms with Crippen molar-refractivity contribution >= 4 is 35.1 Å². The molecule has 0 amide bonds. The maximum atomic E-state index is 10.9. The predicted octanol–water partition coefficient (Wildman–Crippen LogP) is 3.52. The average Bonchev–Trinajstić information content (AvgIpc) is 2.82. The number of rotatable bonds is 4. The molecule has 1 N–H and O–H groups in total. The lowest BCUT2D eigenvalue weighted by molar-refractivity contribution is -0.384. The van der Waals surface area contributed by atoms with E-state index < -0.39 is 10.9 Å². The highest BCUT2D eigenvalue weighted by molar-refractivity contribution is 7.15. The van der Waals surface area contributed by atoms with E-state index in [1.165, 1.54) is 0 Å². The minimum absolute atomic E-state index is 0.0422. The van der Waals surface area contributed by atoms with E-state index in [-0.39, 0.29) is 10.6 Å². The Hall–Kier alpha value is -2.47. The van der Waals surface area contributed by atoms with Gasteiger partial charge in [-0.3, -0.25) is 10.1 Å². The van der Waals surface area contributed by atoms with E-state index in [1.54, 1.807) is 12.2 Å². The molecule has 1 heterocycles. The second kappa shape index (κ2) is 5.45. The van der Waals surface area contributed by atoms with Gasteiger partial charge in [-0.25, -0.2) is 4.79 Å². The molecule has 1 aromatic carbocycles. The van der Waals surface area contributed by atoms with Crippen LogP contribution in [0.5, 0.6) is 0 Å². The van der Waals surface area contributed by atoms with E-state index >= 15 is 0 Å². The molecular weight excluding hydrogens is 266 g/mol. The number of aromatic carboxylic acids is 1. The van der Waals surface area contributed by atoms with Crippen LogP contribution in [0.25, 0.3) is 12.2 Å². The van der Waals surface area contributed by atoms with Gasteiger partial charge in [-0.15, -0.1) is 11.3 Å². The van der Waals surface area contributed by atoms with Crippen molar-refractivity contribution in [2.45, 2.75) is 0 Å². The summed E-state index contributed by atoms with van der Waals surface area (Å²) >= 11 is 0.887. The minimum atomic E-state index is -1.16. The molecule has 0 saturated carbocycles. The summed E-state index contributed by atoms with van der Waals surface area (Å²) < 4.78 is 0. The zero-order valence-corrected chi connectivity index (χ0v) is 10.5. The smallest absolute Gasteiger partial charge is 0.346 e. The van der Waals surface area contributed by atoms with Gasteiger partial charge in [0.15, 0.2) is 0 Å². The summed E-state index contributed by atoms with van der Waals surface area (Å²) in [4.78, 5) is 21.4. The fourth-order valence-electron chi connectivity index (χ4n) is 1.50. The lowest BCUT2D eigenvalue weighted by atomic mass is 10.2. The van der Waals surface area contributed by atoms with Gasteiger partial charge in [0, 0.05) is 6.07 Å². The highest BCUT2D eigenvalue weighted by atomic mass is 32.1. The van der Waals surface area contributed by atoms with Crippen LogP contribution in [0.1, 0.15) is 20.1 Å². The number of nitro groups is 1. The van der Waals surface area contributed by atoms with Crippen molar-refractivity contribution in [2.75, 3.05) is 0 Å². The van der Waals surface area contributed by atoms with Gasteiger partial charge in [0.25, 0.3) is 5.69 Å². The molecule has 0 aliphatic heterocycles. The van der Waals surface area contributed by atoms with Crippen LogP contribution in [0.4, 0.5) is 5.69 Å². The van der Waals surface area contributed by atoms with Crippen molar-refractivity contribution in [1.29, 1.82) is 0 Å². The van der Waals surface area contributed by atoms with Gasteiger partial charge < -0.3 is 5.11 Å². The molecule has 2 rings (SSSR count). The monoisotopic (exact) mass is 275 g/mol. The van der Waals surface area contributed by atoms with Gasteiger partial charge in [-0.1, -0.05) is 36.4 Å². The third kappa shape index (κ3) is 3.05. The van der Waals surface area contributed by atoms with Gasteiger partial charge in [-0.2, -0.15) is 0 Å². The van der Waals surface area contributed by atoms with Crippen molar-refractivity contribution in [3.8, 4) is 0 Å². The van der Waals surface area contributed by atoms with Crippen LogP contribution in [-0.4, -0.2) is 16.0 Å². The molecule has 0 aliphatic carbocycles. The van der Waals surface area contributed by atoms with Crippen molar-refractivity contribution in [1.82, 2.24) is 0 Å². The van der Waals surface area contributed by atoms with E-state index in [0.717, 1.165) is 23.0 Å². The van der Waals surface area contributed by atoms with Crippen LogP contribution in [0, 0.1) is 10.1 Å². The molecule has 96 valence electrons. The zero-order chi connectivity index (χ0) is 13.8. The summed E-state index contributed by atoms with van der Waals surface area (Å²) in [7, 11) is 0. The van der Waals surface area contributed by atoms with Gasteiger partial charge >= 0.3 is 5.97 Å². The number of benzene rings is 1. The topological polar surface area (TPSA) is 80.4 Å². The zero-order valence-electron chi connectivity index (χ0n) is 9.65. The van der Waals surface area contributed by atoms with E-state index in [0.29, 0.717) is 4.88 Å². The number of nitrogens with zero attached hydrogens (tertiary/aromatic N) is 1. The maximum Gasteiger partial charge on any atom is 0.346 e. The lowest BCUT2D eigenvalue weighted by Crippen LogP contribution is -1.91. The minimum Gasteiger partial charge on any atom is -0.477 e. The molecule has 19 heavy (non-hydrogen) atoms. The third-order valence-electron chi connectivity index (χ3n) is 2.37. The SMILES string of the molecule is O=C(O)c1cc([N+](=O)[O-])c(C=Cc2ccccc2)s1. The summed E-state index contributed by atoms with van der Waals surface area (Å²) in [5.41, 5.74) is 0.705. The molecule has 5 nitrogen and oxygen atoms in total. The molecule has 6 heteroatoms. The molecule has 0 unspecified atom stereocenters. The van der Waals surface area contributed by atoms with Crippen LogP contribution in [0.15, 0.2) is 36.4 Å². The lowest BCUT2D eigenvalue weighted by Gasteiger charge is -1.91. The van der Waals surface area contributed by atoms with Gasteiger partial charge in [0.05, 0.1) is 4.92 Å². The first-order valence-corrected chi connectivity index (χ1v) is 6.14. The number of carbonyl (C=O) groups is 1. The van der Waals surface area contributed by atoms with Crippen molar-refractivity contribution < 1.29 is 14.8 Å². The number of hydrogen-bond acceptors (Lipinski definition) is 4. The van der Waals surface area contributed by atoms with Crippen molar-refractivity contribution in [3.05, 3.63) is 61.8 Å². The Labute approximate surface area is 112 Å². The molecule has 0 saturated heterocycles. The average molecular weight is 275 g/mol. The second-order valence-electron chi connectivity index (χ2n) is 3.67. The highest BCUT2D eigenvalue weighted by Gasteiger charge is 2.20. The summed E-state index contributed by atoms with van der Waals surface area (Å²) in [5, 5.41) is 19.7. The van der Waals surface area contributed by atoms with Crippen LogP contribution < -0.4 is 0 Å². The Balaban J connectivity index is 2.36. The predicted molar refractivity (Wildman–Crippen MR) is 73.3 cm³/mol. The number of thiophene rings is 1. The largest absolute Gasteiger partial charge is 0.477 e. The Morgan fingerprint density at radius 1 is 1.26 bits per heavy atom.